The smallest absolute Gasteiger partial charge is 0.224 e. The second kappa shape index (κ2) is 7.22. The maximum Gasteiger partial charge on any atom is 0.224 e. The standard InChI is InChI=1S/C13H19NO2S/c1-3-17-9-10(2)14-13(16)8-11-6-4-5-7-12(11)15/h4-7,10,15H,3,8-9H2,1-2H3,(H,14,16). The number of hydrogen-bond acceptors (Lipinski definition) is 3. The average Bonchev–Trinajstić information content (AvgIpc) is 2.29. The minimum Gasteiger partial charge on any atom is -0.508 e. The molecule has 0 saturated carbocycles. The van der Waals surface area contributed by atoms with Gasteiger partial charge in [0.05, 0.1) is 6.42 Å². The van der Waals surface area contributed by atoms with Crippen LogP contribution in [0, 0.1) is 0 Å². The monoisotopic (exact) mass is 253 g/mol. The topological polar surface area (TPSA) is 49.3 Å². The van der Waals surface area contributed by atoms with Crippen LogP contribution in [0.1, 0.15) is 19.4 Å². The zero-order valence-corrected chi connectivity index (χ0v) is 11.1. The fourth-order valence-corrected chi connectivity index (χ4v) is 2.17. The predicted octanol–water partition coefficient (Wildman–Crippen LogP) is 2.19. The number of thioether (sulfide) groups is 1. The number of aromatic hydroxyl groups is 1. The highest BCUT2D eigenvalue weighted by Gasteiger charge is 2.09. The van der Waals surface area contributed by atoms with Crippen molar-refractivity contribution in [1.82, 2.24) is 5.32 Å². The van der Waals surface area contributed by atoms with E-state index in [0.29, 0.717) is 5.56 Å². The van der Waals surface area contributed by atoms with Crippen LogP contribution in [-0.2, 0) is 11.2 Å². The summed E-state index contributed by atoms with van der Waals surface area (Å²) in [5.41, 5.74) is 0.667. The molecule has 1 rings (SSSR count). The van der Waals surface area contributed by atoms with Crippen LogP contribution in [-0.4, -0.2) is 28.6 Å². The Kier molecular flexibility index (Phi) is 5.91. The van der Waals surface area contributed by atoms with Crippen LogP contribution in [0.15, 0.2) is 24.3 Å². The first-order chi connectivity index (χ1) is 8.13. The molecule has 17 heavy (non-hydrogen) atoms. The van der Waals surface area contributed by atoms with Gasteiger partial charge in [0.25, 0.3) is 0 Å². The molecule has 0 bridgehead atoms. The molecule has 1 amide bonds. The molecule has 1 unspecified atom stereocenters. The van der Waals surface area contributed by atoms with Crippen molar-refractivity contribution < 1.29 is 9.90 Å². The van der Waals surface area contributed by atoms with E-state index in [4.69, 9.17) is 0 Å². The van der Waals surface area contributed by atoms with Gasteiger partial charge in [-0.3, -0.25) is 4.79 Å². The summed E-state index contributed by atoms with van der Waals surface area (Å²) < 4.78 is 0. The number of nitrogens with one attached hydrogen (secondary N) is 1. The van der Waals surface area contributed by atoms with Crippen molar-refractivity contribution in [3.8, 4) is 5.75 Å². The molecule has 0 saturated heterocycles. The Bertz CT molecular complexity index is 368. The van der Waals surface area contributed by atoms with Crippen molar-refractivity contribution in [3.63, 3.8) is 0 Å². The number of benzene rings is 1. The number of hydrogen-bond donors (Lipinski definition) is 2. The van der Waals surface area contributed by atoms with E-state index in [0.717, 1.165) is 11.5 Å². The predicted molar refractivity (Wildman–Crippen MR) is 72.4 cm³/mol. The zero-order valence-electron chi connectivity index (χ0n) is 10.3. The Balaban J connectivity index is 2.42. The average molecular weight is 253 g/mol. The van der Waals surface area contributed by atoms with Gasteiger partial charge >= 0.3 is 0 Å². The van der Waals surface area contributed by atoms with Crippen LogP contribution in [0.5, 0.6) is 5.75 Å². The van der Waals surface area contributed by atoms with Crippen molar-refractivity contribution in [1.29, 1.82) is 0 Å². The van der Waals surface area contributed by atoms with Gasteiger partial charge in [-0.15, -0.1) is 0 Å². The molecule has 0 heterocycles. The number of phenolic OH excluding ortho intramolecular Hbond substituents is 1. The van der Waals surface area contributed by atoms with Crippen molar-refractivity contribution in [2.45, 2.75) is 26.3 Å². The highest BCUT2D eigenvalue weighted by Crippen LogP contribution is 2.15. The Morgan fingerprint density at radius 3 is 2.82 bits per heavy atom. The first-order valence-corrected chi connectivity index (χ1v) is 6.93. The maximum absolute atomic E-state index is 11.7. The SMILES string of the molecule is CCSCC(C)NC(=O)Cc1ccccc1O. The molecule has 0 spiro atoms. The highest BCUT2D eigenvalue weighted by atomic mass is 32.2. The van der Waals surface area contributed by atoms with Crippen LogP contribution in [0.25, 0.3) is 0 Å². The number of phenols is 1. The van der Waals surface area contributed by atoms with Crippen LogP contribution < -0.4 is 5.32 Å². The van der Waals surface area contributed by atoms with E-state index in [1.54, 1.807) is 30.0 Å². The minimum absolute atomic E-state index is 0.0456. The molecule has 0 aliphatic carbocycles. The van der Waals surface area contributed by atoms with Gasteiger partial charge in [0.2, 0.25) is 5.91 Å². The summed E-state index contributed by atoms with van der Waals surface area (Å²) in [4.78, 5) is 11.7. The molecule has 1 atom stereocenters. The molecule has 1 aromatic carbocycles. The third-order valence-corrected chi connectivity index (χ3v) is 3.47. The van der Waals surface area contributed by atoms with Crippen LogP contribution in [0.2, 0.25) is 0 Å². The van der Waals surface area contributed by atoms with Gasteiger partial charge in [-0.1, -0.05) is 25.1 Å². The molecule has 0 aromatic heterocycles. The number of amides is 1. The lowest BCUT2D eigenvalue weighted by Gasteiger charge is -2.13. The van der Waals surface area contributed by atoms with E-state index in [1.807, 2.05) is 13.0 Å². The van der Waals surface area contributed by atoms with Crippen molar-refractivity contribution >= 4 is 17.7 Å². The second-order valence-corrected chi connectivity index (χ2v) is 5.25. The molecule has 0 fully saturated rings. The maximum atomic E-state index is 11.7. The Morgan fingerprint density at radius 1 is 1.47 bits per heavy atom. The molecule has 0 radical (unpaired) electrons. The first-order valence-electron chi connectivity index (χ1n) is 5.77. The summed E-state index contributed by atoms with van der Waals surface area (Å²) in [6, 6.07) is 7.09. The Labute approximate surface area is 107 Å². The summed E-state index contributed by atoms with van der Waals surface area (Å²) in [6.07, 6.45) is 0.230. The fraction of sp³-hybridized carbons (Fsp3) is 0.462. The number of para-hydroxylation sites is 1. The third kappa shape index (κ3) is 5.13. The van der Waals surface area contributed by atoms with Crippen LogP contribution in [0.4, 0.5) is 0 Å². The molecule has 2 N–H and O–H groups in total. The number of carbonyl (C=O) groups excluding carboxylic acids is 1. The summed E-state index contributed by atoms with van der Waals surface area (Å²) in [7, 11) is 0. The van der Waals surface area contributed by atoms with E-state index in [9.17, 15) is 9.90 Å². The van der Waals surface area contributed by atoms with E-state index in [1.165, 1.54) is 0 Å². The van der Waals surface area contributed by atoms with Crippen molar-refractivity contribution in [2.24, 2.45) is 0 Å². The number of rotatable bonds is 6. The Hall–Kier alpha value is -1.16. The normalized spacial score (nSPS) is 12.1. The van der Waals surface area contributed by atoms with E-state index >= 15 is 0 Å². The quantitative estimate of drug-likeness (QED) is 0.817. The summed E-state index contributed by atoms with van der Waals surface area (Å²) >= 11 is 1.80. The summed E-state index contributed by atoms with van der Waals surface area (Å²) in [6.45, 7) is 4.09. The molecule has 0 aliphatic rings. The molecular weight excluding hydrogens is 234 g/mol. The van der Waals surface area contributed by atoms with Gasteiger partial charge in [0.15, 0.2) is 0 Å². The van der Waals surface area contributed by atoms with Crippen LogP contribution >= 0.6 is 11.8 Å². The van der Waals surface area contributed by atoms with Gasteiger partial charge in [0.1, 0.15) is 5.75 Å². The van der Waals surface area contributed by atoms with Crippen LogP contribution in [0.3, 0.4) is 0 Å². The lowest BCUT2D eigenvalue weighted by molar-refractivity contribution is -0.120. The van der Waals surface area contributed by atoms with Crippen molar-refractivity contribution in [2.75, 3.05) is 11.5 Å². The first kappa shape index (κ1) is 13.9. The van der Waals surface area contributed by atoms with Gasteiger partial charge in [-0.05, 0) is 18.7 Å². The van der Waals surface area contributed by atoms with Gasteiger partial charge in [0, 0.05) is 17.4 Å². The van der Waals surface area contributed by atoms with Gasteiger partial charge in [-0.2, -0.15) is 11.8 Å². The van der Waals surface area contributed by atoms with E-state index < -0.39 is 0 Å². The largest absolute Gasteiger partial charge is 0.508 e. The fourth-order valence-electron chi connectivity index (χ4n) is 1.50. The third-order valence-electron chi connectivity index (χ3n) is 2.32. The molecule has 0 aliphatic heterocycles. The molecular formula is C13H19NO2S. The minimum atomic E-state index is -0.0456. The summed E-state index contributed by atoms with van der Waals surface area (Å²) in [5.74, 6) is 2.11. The second-order valence-electron chi connectivity index (χ2n) is 3.93. The van der Waals surface area contributed by atoms with E-state index in [-0.39, 0.29) is 24.1 Å². The summed E-state index contributed by atoms with van der Waals surface area (Å²) in [5, 5.41) is 12.5. The lowest BCUT2D eigenvalue weighted by Crippen LogP contribution is -2.35. The van der Waals surface area contributed by atoms with E-state index in [2.05, 4.69) is 12.2 Å². The van der Waals surface area contributed by atoms with Gasteiger partial charge < -0.3 is 10.4 Å². The zero-order chi connectivity index (χ0) is 12.7. The molecule has 94 valence electrons. The van der Waals surface area contributed by atoms with Gasteiger partial charge in [-0.25, -0.2) is 0 Å². The highest BCUT2D eigenvalue weighted by molar-refractivity contribution is 7.99. The number of carbonyl (C=O) groups is 1. The molecule has 4 heteroatoms. The lowest BCUT2D eigenvalue weighted by atomic mass is 10.1. The van der Waals surface area contributed by atoms with Crippen molar-refractivity contribution in [3.05, 3.63) is 29.8 Å². The Morgan fingerprint density at radius 2 is 2.18 bits per heavy atom. The molecule has 1 aromatic rings. The molecule has 3 nitrogen and oxygen atoms in total.